The van der Waals surface area contributed by atoms with E-state index in [4.69, 9.17) is 4.74 Å². The second-order valence-electron chi connectivity index (χ2n) is 17.1. The van der Waals surface area contributed by atoms with E-state index in [1.807, 2.05) is 6.08 Å². The van der Waals surface area contributed by atoms with Crippen LogP contribution in [0.4, 0.5) is 0 Å². The molecule has 0 saturated carbocycles. The van der Waals surface area contributed by atoms with E-state index in [-0.39, 0.29) is 18.5 Å². The predicted octanol–water partition coefficient (Wildman–Crippen LogP) is 14.7. The summed E-state index contributed by atoms with van der Waals surface area (Å²) in [6.07, 6.45) is 54.7. The highest BCUT2D eigenvalue weighted by Gasteiger charge is 2.18. The van der Waals surface area contributed by atoms with Crippen molar-refractivity contribution in [3.8, 4) is 0 Å². The summed E-state index contributed by atoms with van der Waals surface area (Å²) >= 11 is 0. The smallest absolute Gasteiger partial charge is 0.305 e. The highest BCUT2D eigenvalue weighted by molar-refractivity contribution is 5.76. The highest BCUT2D eigenvalue weighted by Crippen LogP contribution is 2.15. The van der Waals surface area contributed by atoms with Crippen LogP contribution < -0.4 is 5.32 Å². The minimum Gasteiger partial charge on any atom is -0.466 e. The number of aliphatic hydroxyl groups is 2. The number of rotatable bonds is 46. The minimum atomic E-state index is -0.859. The summed E-state index contributed by atoms with van der Waals surface area (Å²) in [5.74, 6) is -0.111. The molecule has 57 heavy (non-hydrogen) atoms. The molecule has 0 aliphatic carbocycles. The second-order valence-corrected chi connectivity index (χ2v) is 17.1. The van der Waals surface area contributed by atoms with Crippen LogP contribution in [0.15, 0.2) is 24.3 Å². The standard InChI is InChI=1S/C51H97NO5/c1-3-5-7-9-11-13-15-16-17-18-19-22-25-29-33-37-41-45-51(56)57-46-42-38-34-30-26-23-20-21-24-28-32-36-40-44-50(55)52-48(47-53)49(54)43-39-35-31-27-14-12-10-8-6-4-2/h21,24,39,43,48-49,53-54H,3-20,22-23,25-38,40-42,44-47H2,1-2H3,(H,52,55)/b24-21-,43-39+. The van der Waals surface area contributed by atoms with Crippen molar-refractivity contribution in [3.05, 3.63) is 24.3 Å². The number of aliphatic hydroxyl groups excluding tert-OH is 2. The summed E-state index contributed by atoms with van der Waals surface area (Å²) < 4.78 is 5.46. The van der Waals surface area contributed by atoms with Crippen molar-refractivity contribution in [1.82, 2.24) is 5.32 Å². The molecule has 0 aliphatic rings. The molecule has 0 aromatic heterocycles. The van der Waals surface area contributed by atoms with E-state index in [9.17, 15) is 19.8 Å². The van der Waals surface area contributed by atoms with E-state index in [1.165, 1.54) is 167 Å². The van der Waals surface area contributed by atoms with Crippen molar-refractivity contribution in [2.24, 2.45) is 0 Å². The van der Waals surface area contributed by atoms with Gasteiger partial charge in [-0.25, -0.2) is 0 Å². The first-order chi connectivity index (χ1) is 28.0. The Balaban J connectivity index is 3.48. The number of esters is 1. The van der Waals surface area contributed by atoms with Crippen molar-refractivity contribution in [3.63, 3.8) is 0 Å². The molecule has 0 aromatic rings. The average molecular weight is 804 g/mol. The Hall–Kier alpha value is -1.66. The molecule has 0 aliphatic heterocycles. The van der Waals surface area contributed by atoms with Gasteiger partial charge in [0.05, 0.1) is 25.4 Å². The highest BCUT2D eigenvalue weighted by atomic mass is 16.5. The normalized spacial score (nSPS) is 12.8. The summed E-state index contributed by atoms with van der Waals surface area (Å²) in [4.78, 5) is 24.4. The van der Waals surface area contributed by atoms with Gasteiger partial charge in [0.25, 0.3) is 0 Å². The quantitative estimate of drug-likeness (QED) is 0.0324. The molecule has 6 nitrogen and oxygen atoms in total. The first-order valence-electron chi connectivity index (χ1n) is 25.1. The molecular weight excluding hydrogens is 707 g/mol. The third kappa shape index (κ3) is 43.7. The Morgan fingerprint density at radius 3 is 1.26 bits per heavy atom. The lowest BCUT2D eigenvalue weighted by molar-refractivity contribution is -0.143. The van der Waals surface area contributed by atoms with Crippen LogP contribution in [0.25, 0.3) is 0 Å². The number of hydrogen-bond acceptors (Lipinski definition) is 5. The van der Waals surface area contributed by atoms with E-state index < -0.39 is 12.1 Å². The molecule has 0 fully saturated rings. The molecule has 0 rings (SSSR count). The van der Waals surface area contributed by atoms with E-state index in [1.54, 1.807) is 6.08 Å². The number of nitrogens with one attached hydrogen (secondary N) is 1. The third-order valence-corrected chi connectivity index (χ3v) is 11.5. The van der Waals surface area contributed by atoms with Crippen LogP contribution >= 0.6 is 0 Å². The largest absolute Gasteiger partial charge is 0.466 e. The zero-order valence-corrected chi connectivity index (χ0v) is 38.1. The van der Waals surface area contributed by atoms with Crippen molar-refractivity contribution in [2.75, 3.05) is 13.2 Å². The first-order valence-corrected chi connectivity index (χ1v) is 25.1. The molecular formula is C51H97NO5. The molecule has 6 heteroatoms. The lowest BCUT2D eigenvalue weighted by atomic mass is 10.0. The maximum absolute atomic E-state index is 12.4. The molecule has 0 aromatic carbocycles. The molecule has 0 bridgehead atoms. The number of allylic oxidation sites excluding steroid dienone is 3. The van der Waals surface area contributed by atoms with E-state index in [0.717, 1.165) is 70.6 Å². The molecule has 0 saturated heterocycles. The molecule has 2 atom stereocenters. The maximum Gasteiger partial charge on any atom is 0.305 e. The molecule has 2 unspecified atom stereocenters. The lowest BCUT2D eigenvalue weighted by Gasteiger charge is -2.19. The number of unbranched alkanes of at least 4 members (excludes halogenated alkanes) is 33. The average Bonchev–Trinajstić information content (AvgIpc) is 3.21. The van der Waals surface area contributed by atoms with E-state index in [2.05, 4.69) is 31.3 Å². The number of hydrogen-bond donors (Lipinski definition) is 3. The number of amides is 1. The molecule has 1 amide bonds. The number of carbonyl (C=O) groups is 2. The van der Waals surface area contributed by atoms with Crippen molar-refractivity contribution in [2.45, 2.75) is 276 Å². The van der Waals surface area contributed by atoms with Crippen molar-refractivity contribution in [1.29, 1.82) is 0 Å². The van der Waals surface area contributed by atoms with Crippen LogP contribution in [0.3, 0.4) is 0 Å². The zero-order valence-electron chi connectivity index (χ0n) is 38.1. The molecule has 0 heterocycles. The Labute approximate surface area is 354 Å². The number of carbonyl (C=O) groups excluding carboxylic acids is 2. The maximum atomic E-state index is 12.4. The lowest BCUT2D eigenvalue weighted by Crippen LogP contribution is -2.45. The Kier molecular flexibility index (Phi) is 45.7. The van der Waals surface area contributed by atoms with Gasteiger partial charge in [-0.1, -0.05) is 218 Å². The van der Waals surface area contributed by atoms with E-state index >= 15 is 0 Å². The Morgan fingerprint density at radius 2 is 0.825 bits per heavy atom. The Morgan fingerprint density at radius 1 is 0.474 bits per heavy atom. The molecule has 336 valence electrons. The van der Waals surface area contributed by atoms with Gasteiger partial charge in [0.2, 0.25) is 5.91 Å². The monoisotopic (exact) mass is 804 g/mol. The van der Waals surface area contributed by atoms with Crippen LogP contribution in [-0.2, 0) is 14.3 Å². The fraction of sp³-hybridized carbons (Fsp3) is 0.882. The van der Waals surface area contributed by atoms with Gasteiger partial charge in [-0.15, -0.1) is 0 Å². The first kappa shape index (κ1) is 55.3. The van der Waals surface area contributed by atoms with Gasteiger partial charge >= 0.3 is 5.97 Å². The van der Waals surface area contributed by atoms with Gasteiger partial charge in [-0.3, -0.25) is 9.59 Å². The van der Waals surface area contributed by atoms with Crippen molar-refractivity contribution >= 4 is 11.9 Å². The van der Waals surface area contributed by atoms with Crippen LogP contribution in [0.1, 0.15) is 264 Å². The zero-order chi connectivity index (χ0) is 41.5. The predicted molar refractivity (Wildman–Crippen MR) is 246 cm³/mol. The van der Waals surface area contributed by atoms with Gasteiger partial charge in [0.1, 0.15) is 0 Å². The van der Waals surface area contributed by atoms with Gasteiger partial charge in [0, 0.05) is 12.8 Å². The number of ether oxygens (including phenoxy) is 1. The minimum absolute atomic E-state index is 0.0109. The summed E-state index contributed by atoms with van der Waals surface area (Å²) in [7, 11) is 0. The van der Waals surface area contributed by atoms with Crippen molar-refractivity contribution < 1.29 is 24.5 Å². The Bertz CT molecular complexity index is 889. The summed E-state index contributed by atoms with van der Waals surface area (Å²) in [5.41, 5.74) is 0. The van der Waals surface area contributed by atoms with Gasteiger partial charge in [0.15, 0.2) is 0 Å². The summed E-state index contributed by atoms with van der Waals surface area (Å²) in [5, 5.41) is 22.9. The van der Waals surface area contributed by atoms with Crippen LogP contribution in [0, 0.1) is 0 Å². The van der Waals surface area contributed by atoms with E-state index in [0.29, 0.717) is 19.4 Å². The van der Waals surface area contributed by atoms with Gasteiger partial charge in [-0.05, 0) is 57.8 Å². The fourth-order valence-corrected chi connectivity index (χ4v) is 7.57. The summed E-state index contributed by atoms with van der Waals surface area (Å²) in [6, 6.07) is -0.645. The fourth-order valence-electron chi connectivity index (χ4n) is 7.57. The van der Waals surface area contributed by atoms with Gasteiger partial charge in [-0.2, -0.15) is 0 Å². The summed E-state index contributed by atoms with van der Waals surface area (Å²) in [6.45, 7) is 4.84. The third-order valence-electron chi connectivity index (χ3n) is 11.5. The molecule has 0 radical (unpaired) electrons. The SMILES string of the molecule is CCCCCCCCCC/C=C/C(O)C(CO)NC(=O)CCCCC/C=C\CCCCCCCCOC(=O)CCCCCCCCCCCCCCCCCCC. The van der Waals surface area contributed by atoms with Crippen LogP contribution in [-0.4, -0.2) is 47.4 Å². The van der Waals surface area contributed by atoms with Crippen LogP contribution in [0.5, 0.6) is 0 Å². The topological polar surface area (TPSA) is 95.9 Å². The van der Waals surface area contributed by atoms with Gasteiger partial charge < -0.3 is 20.3 Å². The molecule has 3 N–H and O–H groups in total. The second kappa shape index (κ2) is 47.0. The van der Waals surface area contributed by atoms with Crippen LogP contribution in [0.2, 0.25) is 0 Å². The molecule has 0 spiro atoms.